The van der Waals surface area contributed by atoms with Crippen LogP contribution >= 0.6 is 0 Å². The van der Waals surface area contributed by atoms with Gasteiger partial charge < -0.3 is 10.0 Å². The van der Waals surface area contributed by atoms with Gasteiger partial charge in [0.25, 0.3) is 0 Å². The topological polar surface area (TPSA) is 64.3 Å². The zero-order chi connectivity index (χ0) is 14.6. The normalized spacial score (nSPS) is 22.9. The molecule has 0 spiro atoms. The second-order valence-corrected chi connectivity index (χ2v) is 5.72. The smallest absolute Gasteiger partial charge is 0.226 e. The minimum Gasteiger partial charge on any atom is -0.390 e. The lowest BCUT2D eigenvalue weighted by molar-refractivity contribution is -0.130. The van der Waals surface area contributed by atoms with Crippen LogP contribution in [-0.2, 0) is 11.2 Å². The lowest BCUT2D eigenvalue weighted by Crippen LogP contribution is -2.34. The fourth-order valence-corrected chi connectivity index (χ4v) is 2.50. The van der Waals surface area contributed by atoms with E-state index in [9.17, 15) is 9.90 Å². The summed E-state index contributed by atoms with van der Waals surface area (Å²) in [7, 11) is 0. The Hall–Kier alpha value is -1.86. The van der Waals surface area contributed by atoms with Gasteiger partial charge in [-0.25, -0.2) is 0 Å². The van der Waals surface area contributed by atoms with Crippen LogP contribution in [0.4, 0.5) is 0 Å². The van der Waals surface area contributed by atoms with Crippen molar-refractivity contribution >= 4 is 5.91 Å². The Kier molecular flexibility index (Phi) is 4.41. The molecule has 0 aliphatic carbocycles. The number of rotatable bonds is 2. The van der Waals surface area contributed by atoms with E-state index in [2.05, 4.69) is 6.07 Å². The molecule has 0 aromatic heterocycles. The molecule has 1 aliphatic rings. The van der Waals surface area contributed by atoms with Crippen molar-refractivity contribution in [2.75, 3.05) is 13.1 Å². The molecule has 1 amide bonds. The van der Waals surface area contributed by atoms with Crippen molar-refractivity contribution in [3.63, 3.8) is 0 Å². The summed E-state index contributed by atoms with van der Waals surface area (Å²) in [6.07, 6.45) is 2.57. The van der Waals surface area contributed by atoms with Gasteiger partial charge in [-0.05, 0) is 43.9 Å². The molecular formula is C16H20N2O2. The van der Waals surface area contributed by atoms with Crippen LogP contribution < -0.4 is 0 Å². The van der Waals surface area contributed by atoms with E-state index in [4.69, 9.17) is 5.26 Å². The molecule has 0 saturated carbocycles. The number of carbonyl (C=O) groups excluding carboxylic acids is 1. The van der Waals surface area contributed by atoms with Crippen LogP contribution in [0.5, 0.6) is 0 Å². The molecule has 0 radical (unpaired) electrons. The van der Waals surface area contributed by atoms with E-state index in [1.165, 1.54) is 0 Å². The molecule has 4 nitrogen and oxygen atoms in total. The summed E-state index contributed by atoms with van der Waals surface area (Å²) < 4.78 is 0. The molecule has 2 rings (SSSR count). The average molecular weight is 272 g/mol. The quantitative estimate of drug-likeness (QED) is 0.893. The van der Waals surface area contributed by atoms with Gasteiger partial charge in [0.05, 0.1) is 23.7 Å². The lowest BCUT2D eigenvalue weighted by atomic mass is 9.98. The molecule has 1 atom stereocenters. The highest BCUT2D eigenvalue weighted by Crippen LogP contribution is 2.21. The molecule has 106 valence electrons. The Labute approximate surface area is 119 Å². The van der Waals surface area contributed by atoms with Gasteiger partial charge in [-0.15, -0.1) is 0 Å². The summed E-state index contributed by atoms with van der Waals surface area (Å²) in [4.78, 5) is 14.1. The highest BCUT2D eigenvalue weighted by Gasteiger charge is 2.26. The van der Waals surface area contributed by atoms with Crippen molar-refractivity contribution in [2.45, 2.75) is 38.2 Å². The van der Waals surface area contributed by atoms with Crippen LogP contribution in [0.1, 0.15) is 37.3 Å². The van der Waals surface area contributed by atoms with E-state index in [0.29, 0.717) is 31.5 Å². The average Bonchev–Trinajstić information content (AvgIpc) is 2.60. The van der Waals surface area contributed by atoms with Gasteiger partial charge >= 0.3 is 0 Å². The zero-order valence-corrected chi connectivity index (χ0v) is 11.8. The molecule has 4 heteroatoms. The fourth-order valence-electron chi connectivity index (χ4n) is 2.50. The molecule has 1 aliphatic heterocycles. The van der Waals surface area contributed by atoms with Crippen LogP contribution in [0, 0.1) is 11.3 Å². The minimum atomic E-state index is -0.649. The van der Waals surface area contributed by atoms with Crippen molar-refractivity contribution < 1.29 is 9.90 Å². The summed E-state index contributed by atoms with van der Waals surface area (Å²) in [5.74, 6) is 0.0902. The number of hydrogen-bond acceptors (Lipinski definition) is 3. The number of benzene rings is 1. The first kappa shape index (κ1) is 14.5. The standard InChI is InChI=1S/C16H20N2O2/c1-16(20)7-2-9-18(10-8-16)15(19)11-13-3-5-14(12-17)6-4-13/h3-6,20H,2,7-11H2,1H3. The molecule has 20 heavy (non-hydrogen) atoms. The van der Waals surface area contributed by atoms with E-state index in [0.717, 1.165) is 18.4 Å². The first-order valence-corrected chi connectivity index (χ1v) is 6.99. The second-order valence-electron chi connectivity index (χ2n) is 5.72. The summed E-state index contributed by atoms with van der Waals surface area (Å²) in [6.45, 7) is 3.16. The maximum Gasteiger partial charge on any atom is 0.226 e. The van der Waals surface area contributed by atoms with E-state index in [-0.39, 0.29) is 5.91 Å². The number of carbonyl (C=O) groups is 1. The predicted octanol–water partition coefficient (Wildman–Crippen LogP) is 1.86. The van der Waals surface area contributed by atoms with E-state index < -0.39 is 5.60 Å². The van der Waals surface area contributed by atoms with E-state index >= 15 is 0 Å². The first-order valence-electron chi connectivity index (χ1n) is 6.99. The Balaban J connectivity index is 1.95. The Bertz CT molecular complexity index is 514. The highest BCUT2D eigenvalue weighted by atomic mass is 16.3. The van der Waals surface area contributed by atoms with Gasteiger partial charge in [-0.3, -0.25) is 4.79 Å². The second kappa shape index (κ2) is 6.06. The third kappa shape index (κ3) is 3.82. The van der Waals surface area contributed by atoms with Gasteiger partial charge in [-0.2, -0.15) is 5.26 Å². The largest absolute Gasteiger partial charge is 0.390 e. The number of amides is 1. The van der Waals surface area contributed by atoms with Crippen LogP contribution in [0.25, 0.3) is 0 Å². The predicted molar refractivity (Wildman–Crippen MR) is 75.9 cm³/mol. The van der Waals surface area contributed by atoms with Crippen LogP contribution in [0.2, 0.25) is 0 Å². The summed E-state index contributed by atoms with van der Waals surface area (Å²) in [6, 6.07) is 9.18. The number of likely N-dealkylation sites (tertiary alicyclic amines) is 1. The first-order chi connectivity index (χ1) is 9.50. The molecule has 1 heterocycles. The van der Waals surface area contributed by atoms with Crippen LogP contribution in [-0.4, -0.2) is 34.6 Å². The fraction of sp³-hybridized carbons (Fsp3) is 0.500. The maximum atomic E-state index is 12.3. The van der Waals surface area contributed by atoms with Gasteiger partial charge in [0.1, 0.15) is 0 Å². The number of nitriles is 1. The molecule has 1 saturated heterocycles. The monoisotopic (exact) mass is 272 g/mol. The van der Waals surface area contributed by atoms with Gasteiger partial charge in [0.15, 0.2) is 0 Å². The Morgan fingerprint density at radius 2 is 2.05 bits per heavy atom. The Morgan fingerprint density at radius 1 is 1.35 bits per heavy atom. The molecule has 1 unspecified atom stereocenters. The minimum absolute atomic E-state index is 0.0902. The van der Waals surface area contributed by atoms with Crippen LogP contribution in [0.3, 0.4) is 0 Å². The van der Waals surface area contributed by atoms with E-state index in [1.54, 1.807) is 12.1 Å². The lowest BCUT2D eigenvalue weighted by Gasteiger charge is -2.22. The summed E-state index contributed by atoms with van der Waals surface area (Å²) >= 11 is 0. The molecule has 1 N–H and O–H groups in total. The van der Waals surface area contributed by atoms with E-state index in [1.807, 2.05) is 24.0 Å². The molecule has 1 aromatic rings. The van der Waals surface area contributed by atoms with Crippen molar-refractivity contribution in [1.82, 2.24) is 4.90 Å². The van der Waals surface area contributed by atoms with Crippen molar-refractivity contribution in [3.8, 4) is 6.07 Å². The number of aliphatic hydroxyl groups is 1. The van der Waals surface area contributed by atoms with Crippen molar-refractivity contribution in [2.24, 2.45) is 0 Å². The zero-order valence-electron chi connectivity index (χ0n) is 11.8. The Morgan fingerprint density at radius 3 is 2.70 bits per heavy atom. The highest BCUT2D eigenvalue weighted by molar-refractivity contribution is 5.78. The molecule has 1 fully saturated rings. The van der Waals surface area contributed by atoms with Gasteiger partial charge in [0.2, 0.25) is 5.91 Å². The van der Waals surface area contributed by atoms with Gasteiger partial charge in [-0.1, -0.05) is 12.1 Å². The molecular weight excluding hydrogens is 252 g/mol. The third-order valence-electron chi connectivity index (χ3n) is 3.85. The van der Waals surface area contributed by atoms with Gasteiger partial charge in [0, 0.05) is 13.1 Å². The van der Waals surface area contributed by atoms with Crippen molar-refractivity contribution in [1.29, 1.82) is 5.26 Å². The third-order valence-corrected chi connectivity index (χ3v) is 3.85. The number of nitrogens with zero attached hydrogens (tertiary/aromatic N) is 2. The summed E-state index contributed by atoms with van der Waals surface area (Å²) in [5, 5.41) is 18.8. The summed E-state index contributed by atoms with van der Waals surface area (Å²) in [5.41, 5.74) is 0.876. The maximum absolute atomic E-state index is 12.3. The number of hydrogen-bond donors (Lipinski definition) is 1. The molecule has 1 aromatic carbocycles. The van der Waals surface area contributed by atoms with Crippen molar-refractivity contribution in [3.05, 3.63) is 35.4 Å². The van der Waals surface area contributed by atoms with Crippen LogP contribution in [0.15, 0.2) is 24.3 Å². The molecule has 0 bridgehead atoms. The SMILES string of the molecule is CC1(O)CCCN(C(=O)Cc2ccc(C#N)cc2)CC1.